The molecule has 1 N–H and O–H groups in total. The van der Waals surface area contributed by atoms with Gasteiger partial charge in [-0.2, -0.15) is 0 Å². The Labute approximate surface area is 103 Å². The summed E-state index contributed by atoms with van der Waals surface area (Å²) in [5.41, 5.74) is 0. The summed E-state index contributed by atoms with van der Waals surface area (Å²) in [7, 11) is 0. The second-order valence-electron chi connectivity index (χ2n) is 4.94. The summed E-state index contributed by atoms with van der Waals surface area (Å²) in [5.74, 6) is 0.747. The highest BCUT2D eigenvalue weighted by Crippen LogP contribution is 2.21. The fraction of sp³-hybridized carbons (Fsp3) is 0.769. The summed E-state index contributed by atoms with van der Waals surface area (Å²) >= 11 is 1.83. The molecule has 0 fully saturated rings. The van der Waals surface area contributed by atoms with Gasteiger partial charge in [0, 0.05) is 17.1 Å². The van der Waals surface area contributed by atoms with E-state index in [4.69, 9.17) is 0 Å². The van der Waals surface area contributed by atoms with E-state index in [9.17, 15) is 0 Å². The zero-order valence-electron chi connectivity index (χ0n) is 11.1. The molecule has 2 unspecified atom stereocenters. The van der Waals surface area contributed by atoms with Crippen molar-refractivity contribution >= 4 is 11.3 Å². The van der Waals surface area contributed by atoms with E-state index in [0.29, 0.717) is 12.1 Å². The lowest BCUT2D eigenvalue weighted by atomic mass is 10.0. The molecule has 0 amide bonds. The minimum absolute atomic E-state index is 0.374. The van der Waals surface area contributed by atoms with Crippen molar-refractivity contribution in [2.75, 3.05) is 0 Å². The summed E-state index contributed by atoms with van der Waals surface area (Å²) in [6.07, 6.45) is 4.31. The van der Waals surface area contributed by atoms with Gasteiger partial charge in [-0.05, 0) is 32.6 Å². The SMILES string of the molecule is CCc1cnc(C(C)NC(C)CC(C)C)s1. The third-order valence-corrected chi connectivity index (χ3v) is 3.97. The Balaban J connectivity index is 2.48. The van der Waals surface area contributed by atoms with Crippen molar-refractivity contribution < 1.29 is 0 Å². The second kappa shape index (κ2) is 6.36. The van der Waals surface area contributed by atoms with E-state index in [2.05, 4.69) is 44.9 Å². The van der Waals surface area contributed by atoms with E-state index in [-0.39, 0.29) is 0 Å². The van der Waals surface area contributed by atoms with Crippen molar-refractivity contribution in [3.8, 4) is 0 Å². The lowest BCUT2D eigenvalue weighted by Crippen LogP contribution is -2.29. The largest absolute Gasteiger partial charge is 0.306 e. The van der Waals surface area contributed by atoms with Gasteiger partial charge in [-0.1, -0.05) is 20.8 Å². The van der Waals surface area contributed by atoms with Crippen molar-refractivity contribution in [3.05, 3.63) is 16.1 Å². The van der Waals surface area contributed by atoms with Crippen LogP contribution in [0.1, 0.15) is 57.0 Å². The molecule has 0 aliphatic carbocycles. The highest BCUT2D eigenvalue weighted by Gasteiger charge is 2.13. The maximum Gasteiger partial charge on any atom is 0.109 e. The minimum atomic E-state index is 0.374. The normalized spacial score (nSPS) is 15.4. The van der Waals surface area contributed by atoms with Crippen LogP contribution in [0.2, 0.25) is 0 Å². The second-order valence-corrected chi connectivity index (χ2v) is 6.08. The number of rotatable bonds is 6. The zero-order chi connectivity index (χ0) is 12.1. The molecule has 0 aliphatic heterocycles. The number of aryl methyl sites for hydroxylation is 1. The quantitative estimate of drug-likeness (QED) is 0.818. The van der Waals surface area contributed by atoms with Gasteiger partial charge >= 0.3 is 0 Å². The lowest BCUT2D eigenvalue weighted by molar-refractivity contribution is 0.406. The van der Waals surface area contributed by atoms with Gasteiger partial charge in [0.15, 0.2) is 0 Å². The van der Waals surface area contributed by atoms with E-state index in [1.165, 1.54) is 16.3 Å². The van der Waals surface area contributed by atoms with Crippen LogP contribution < -0.4 is 5.32 Å². The molecule has 0 saturated heterocycles. The topological polar surface area (TPSA) is 24.9 Å². The summed E-state index contributed by atoms with van der Waals surface area (Å²) < 4.78 is 0. The number of aromatic nitrogens is 1. The molecule has 0 spiro atoms. The molecule has 92 valence electrons. The Hall–Kier alpha value is -0.410. The summed E-state index contributed by atoms with van der Waals surface area (Å²) in [6.45, 7) is 11.2. The van der Waals surface area contributed by atoms with Crippen molar-refractivity contribution in [2.24, 2.45) is 5.92 Å². The van der Waals surface area contributed by atoms with Crippen LogP contribution in [0, 0.1) is 5.92 Å². The first-order chi connectivity index (χ1) is 7.52. The Bertz CT molecular complexity index is 307. The average Bonchev–Trinajstić information content (AvgIpc) is 2.64. The maximum absolute atomic E-state index is 4.48. The molecule has 0 aromatic carbocycles. The third-order valence-electron chi connectivity index (χ3n) is 2.65. The standard InChI is InChI=1S/C13H24N2S/c1-6-12-8-14-13(16-12)11(5)15-10(4)7-9(2)3/h8-11,15H,6-7H2,1-5H3. The van der Waals surface area contributed by atoms with Crippen LogP contribution in [0.15, 0.2) is 6.20 Å². The molecule has 16 heavy (non-hydrogen) atoms. The fourth-order valence-corrected chi connectivity index (χ4v) is 2.83. The molecule has 1 aromatic heterocycles. The monoisotopic (exact) mass is 240 g/mol. The average molecular weight is 240 g/mol. The summed E-state index contributed by atoms with van der Waals surface area (Å²) in [5, 5.41) is 4.83. The van der Waals surface area contributed by atoms with Crippen LogP contribution in [0.25, 0.3) is 0 Å². The molecule has 1 rings (SSSR count). The minimum Gasteiger partial charge on any atom is -0.306 e. The van der Waals surface area contributed by atoms with E-state index >= 15 is 0 Å². The molecular formula is C13H24N2S. The molecule has 0 aliphatic rings. The maximum atomic E-state index is 4.48. The van der Waals surface area contributed by atoms with Crippen molar-refractivity contribution in [2.45, 2.75) is 59.5 Å². The van der Waals surface area contributed by atoms with Crippen molar-refractivity contribution in [1.29, 1.82) is 0 Å². The van der Waals surface area contributed by atoms with Gasteiger partial charge in [0.05, 0.1) is 6.04 Å². The van der Waals surface area contributed by atoms with Crippen molar-refractivity contribution in [3.63, 3.8) is 0 Å². The van der Waals surface area contributed by atoms with Gasteiger partial charge in [-0.25, -0.2) is 4.98 Å². The van der Waals surface area contributed by atoms with Crippen LogP contribution in [0.4, 0.5) is 0 Å². The van der Waals surface area contributed by atoms with Crippen LogP contribution in [0.5, 0.6) is 0 Å². The number of nitrogens with zero attached hydrogens (tertiary/aromatic N) is 1. The predicted molar refractivity (Wildman–Crippen MR) is 72.0 cm³/mol. The Morgan fingerprint density at radius 3 is 2.50 bits per heavy atom. The third kappa shape index (κ3) is 4.22. The van der Waals surface area contributed by atoms with Crippen LogP contribution in [0.3, 0.4) is 0 Å². The molecule has 0 radical (unpaired) electrons. The van der Waals surface area contributed by atoms with Gasteiger partial charge in [0.2, 0.25) is 0 Å². The van der Waals surface area contributed by atoms with Gasteiger partial charge < -0.3 is 5.32 Å². The Morgan fingerprint density at radius 1 is 1.31 bits per heavy atom. The lowest BCUT2D eigenvalue weighted by Gasteiger charge is -2.19. The fourth-order valence-electron chi connectivity index (χ4n) is 1.96. The number of thiazole rings is 1. The van der Waals surface area contributed by atoms with Gasteiger partial charge in [-0.15, -0.1) is 11.3 Å². The van der Waals surface area contributed by atoms with E-state index < -0.39 is 0 Å². The Morgan fingerprint density at radius 2 is 2.00 bits per heavy atom. The molecule has 0 bridgehead atoms. The highest BCUT2D eigenvalue weighted by atomic mass is 32.1. The smallest absolute Gasteiger partial charge is 0.109 e. The molecule has 3 heteroatoms. The van der Waals surface area contributed by atoms with Gasteiger partial charge in [-0.3, -0.25) is 0 Å². The Kier molecular flexibility index (Phi) is 5.42. The molecule has 1 aromatic rings. The first-order valence-corrected chi connectivity index (χ1v) is 7.05. The van der Waals surface area contributed by atoms with Crippen molar-refractivity contribution in [1.82, 2.24) is 10.3 Å². The van der Waals surface area contributed by atoms with Crippen LogP contribution in [-0.4, -0.2) is 11.0 Å². The first kappa shape index (κ1) is 13.7. The van der Waals surface area contributed by atoms with E-state index in [0.717, 1.165) is 12.3 Å². The molecular weight excluding hydrogens is 216 g/mol. The summed E-state index contributed by atoms with van der Waals surface area (Å²) in [4.78, 5) is 5.85. The number of hydrogen-bond donors (Lipinski definition) is 1. The van der Waals surface area contributed by atoms with E-state index in [1.54, 1.807) is 0 Å². The van der Waals surface area contributed by atoms with Gasteiger partial charge in [0.25, 0.3) is 0 Å². The predicted octanol–water partition coefficient (Wildman–Crippen LogP) is 3.79. The molecule has 0 saturated carbocycles. The van der Waals surface area contributed by atoms with Crippen LogP contribution >= 0.6 is 11.3 Å². The molecule has 2 atom stereocenters. The van der Waals surface area contributed by atoms with E-state index in [1.807, 2.05) is 17.5 Å². The van der Waals surface area contributed by atoms with Crippen LogP contribution in [-0.2, 0) is 6.42 Å². The molecule has 1 heterocycles. The first-order valence-electron chi connectivity index (χ1n) is 6.23. The van der Waals surface area contributed by atoms with Gasteiger partial charge in [0.1, 0.15) is 5.01 Å². The summed E-state index contributed by atoms with van der Waals surface area (Å²) in [6, 6.07) is 0.933. The zero-order valence-corrected chi connectivity index (χ0v) is 11.9. The highest BCUT2D eigenvalue weighted by molar-refractivity contribution is 7.11. The molecule has 2 nitrogen and oxygen atoms in total. The number of nitrogens with one attached hydrogen (secondary N) is 1. The number of hydrogen-bond acceptors (Lipinski definition) is 3.